The number of ketones is 2. The number of hydrogen-bond donors (Lipinski definition) is 0. The summed E-state index contributed by atoms with van der Waals surface area (Å²) in [7, 11) is 0. The Morgan fingerprint density at radius 1 is 0.857 bits per heavy atom. The van der Waals surface area contributed by atoms with Crippen LogP contribution in [0.3, 0.4) is 0 Å². The fourth-order valence-electron chi connectivity index (χ4n) is 3.25. The minimum Gasteiger partial charge on any atom is -0.294 e. The van der Waals surface area contributed by atoms with E-state index in [1.165, 1.54) is 9.79 Å². The molecule has 0 aromatic heterocycles. The van der Waals surface area contributed by atoms with Gasteiger partial charge in [0.2, 0.25) is 0 Å². The summed E-state index contributed by atoms with van der Waals surface area (Å²) in [5, 5.41) is 0.00325. The predicted octanol–water partition coefficient (Wildman–Crippen LogP) is 6.92. The molecule has 5 heteroatoms. The van der Waals surface area contributed by atoms with Crippen molar-refractivity contribution in [3.63, 3.8) is 0 Å². The number of benzene rings is 2. The average molecular weight is 435 g/mol. The number of hydrogen-bond acceptors (Lipinski definition) is 3. The summed E-state index contributed by atoms with van der Waals surface area (Å²) in [6.07, 6.45) is 3.02. The van der Waals surface area contributed by atoms with Gasteiger partial charge in [-0.3, -0.25) is 9.59 Å². The van der Waals surface area contributed by atoms with Crippen molar-refractivity contribution in [3.05, 3.63) is 58.7 Å². The van der Waals surface area contributed by atoms with Gasteiger partial charge in [0.05, 0.1) is 0 Å². The summed E-state index contributed by atoms with van der Waals surface area (Å²) in [5.41, 5.74) is 3.76. The third kappa shape index (κ3) is 5.40. The largest absolute Gasteiger partial charge is 0.294 e. The zero-order valence-electron chi connectivity index (χ0n) is 16.1. The molecule has 0 aliphatic carbocycles. The maximum absolute atomic E-state index is 12.4. The van der Waals surface area contributed by atoms with E-state index in [2.05, 4.69) is 0 Å². The molecule has 0 N–H and O–H groups in total. The first kappa shape index (κ1) is 21.4. The van der Waals surface area contributed by atoms with E-state index < -0.39 is 0 Å². The molecule has 1 aliphatic heterocycles. The molecule has 0 radical (unpaired) electrons. The van der Waals surface area contributed by atoms with Crippen molar-refractivity contribution in [1.29, 1.82) is 0 Å². The molecule has 1 aliphatic rings. The standard InChI is InChI=1S/C23H24Cl2O2S/c1-14(24)3-7-20(26)16-5-9-22-18(11-16)13-19-12-17(6-10-23(19)28-22)21(27)8-4-15(2)25/h5-6,9-12,14-15H,3-4,7-8,13H2,1-2H3. The third-order valence-electron chi connectivity index (χ3n) is 4.90. The van der Waals surface area contributed by atoms with Crippen LogP contribution >= 0.6 is 35.0 Å². The molecule has 148 valence electrons. The summed E-state index contributed by atoms with van der Waals surface area (Å²) in [4.78, 5) is 27.2. The van der Waals surface area contributed by atoms with Gasteiger partial charge < -0.3 is 0 Å². The van der Waals surface area contributed by atoms with Gasteiger partial charge in [0.25, 0.3) is 0 Å². The molecule has 0 bridgehead atoms. The first-order valence-electron chi connectivity index (χ1n) is 9.61. The second-order valence-electron chi connectivity index (χ2n) is 7.41. The van der Waals surface area contributed by atoms with Gasteiger partial charge in [-0.25, -0.2) is 0 Å². The van der Waals surface area contributed by atoms with Crippen LogP contribution < -0.4 is 0 Å². The molecule has 0 spiro atoms. The topological polar surface area (TPSA) is 34.1 Å². The maximum Gasteiger partial charge on any atom is 0.162 e. The Morgan fingerprint density at radius 3 is 1.68 bits per heavy atom. The van der Waals surface area contributed by atoms with Gasteiger partial charge in [-0.15, -0.1) is 23.2 Å². The van der Waals surface area contributed by atoms with Crippen LogP contribution in [0.1, 0.15) is 71.4 Å². The van der Waals surface area contributed by atoms with Crippen LogP contribution in [0.15, 0.2) is 46.2 Å². The number of halogens is 2. The van der Waals surface area contributed by atoms with E-state index in [4.69, 9.17) is 23.2 Å². The Bertz CT molecular complexity index is 819. The van der Waals surface area contributed by atoms with E-state index in [0.717, 1.165) is 28.7 Å². The van der Waals surface area contributed by atoms with Crippen LogP contribution in [0.25, 0.3) is 0 Å². The molecule has 2 aromatic rings. The van der Waals surface area contributed by atoms with Crippen LogP contribution in [0.5, 0.6) is 0 Å². The zero-order chi connectivity index (χ0) is 20.3. The van der Waals surface area contributed by atoms with Crippen LogP contribution in [0.2, 0.25) is 0 Å². The molecule has 2 atom stereocenters. The Balaban J connectivity index is 1.77. The van der Waals surface area contributed by atoms with Crippen molar-refractivity contribution < 1.29 is 9.59 Å². The number of alkyl halides is 2. The maximum atomic E-state index is 12.4. The van der Waals surface area contributed by atoms with Crippen molar-refractivity contribution >= 4 is 46.5 Å². The van der Waals surface area contributed by atoms with Gasteiger partial charge in [-0.05, 0) is 68.5 Å². The van der Waals surface area contributed by atoms with Crippen molar-refractivity contribution in [3.8, 4) is 0 Å². The van der Waals surface area contributed by atoms with Crippen molar-refractivity contribution in [1.82, 2.24) is 0 Å². The Morgan fingerprint density at radius 2 is 1.29 bits per heavy atom. The zero-order valence-corrected chi connectivity index (χ0v) is 18.5. The van der Waals surface area contributed by atoms with Crippen LogP contribution in [-0.4, -0.2) is 22.3 Å². The molecular formula is C23H24Cl2O2S. The first-order valence-corrected chi connectivity index (χ1v) is 11.3. The van der Waals surface area contributed by atoms with Gasteiger partial charge in [0.1, 0.15) is 0 Å². The lowest BCUT2D eigenvalue weighted by molar-refractivity contribution is 0.0972. The number of rotatable bonds is 8. The van der Waals surface area contributed by atoms with E-state index in [1.54, 1.807) is 11.8 Å². The van der Waals surface area contributed by atoms with Gasteiger partial charge in [-0.1, -0.05) is 23.9 Å². The number of fused-ring (bicyclic) bond motifs is 2. The Hall–Kier alpha value is -1.29. The highest BCUT2D eigenvalue weighted by Gasteiger charge is 2.20. The Kier molecular flexibility index (Phi) is 7.25. The van der Waals surface area contributed by atoms with E-state index >= 15 is 0 Å². The summed E-state index contributed by atoms with van der Waals surface area (Å²) in [6, 6.07) is 11.9. The fraction of sp³-hybridized carbons (Fsp3) is 0.391. The summed E-state index contributed by atoms with van der Waals surface area (Å²) >= 11 is 13.6. The van der Waals surface area contributed by atoms with E-state index in [1.807, 2.05) is 50.2 Å². The van der Waals surface area contributed by atoms with E-state index in [9.17, 15) is 9.59 Å². The number of Topliss-reactive ketones (excluding diaryl/α,β-unsaturated/α-hetero) is 2. The molecule has 2 unspecified atom stereocenters. The summed E-state index contributed by atoms with van der Waals surface area (Å²) in [5.74, 6) is 0.260. The monoisotopic (exact) mass is 434 g/mol. The molecule has 0 saturated heterocycles. The van der Waals surface area contributed by atoms with Gasteiger partial charge >= 0.3 is 0 Å². The summed E-state index contributed by atoms with van der Waals surface area (Å²) in [6.45, 7) is 3.81. The minimum atomic E-state index is 0.00163. The number of carbonyl (C=O) groups excluding carboxylic acids is 2. The van der Waals surface area contributed by atoms with Crippen LogP contribution in [0.4, 0.5) is 0 Å². The van der Waals surface area contributed by atoms with Crippen molar-refractivity contribution in [2.45, 2.75) is 66.5 Å². The molecule has 2 aromatic carbocycles. The quantitative estimate of drug-likeness (QED) is 0.284. The highest BCUT2D eigenvalue weighted by Crippen LogP contribution is 2.40. The molecule has 2 nitrogen and oxygen atoms in total. The molecule has 3 rings (SSSR count). The lowest BCUT2D eigenvalue weighted by Gasteiger charge is -2.20. The van der Waals surface area contributed by atoms with E-state index in [0.29, 0.717) is 25.7 Å². The SMILES string of the molecule is CC(Cl)CCC(=O)c1ccc2c(c1)Cc1cc(C(=O)CCC(C)Cl)ccc1S2. The summed E-state index contributed by atoms with van der Waals surface area (Å²) < 4.78 is 0. The second-order valence-corrected chi connectivity index (χ2v) is 9.98. The smallest absolute Gasteiger partial charge is 0.162 e. The highest BCUT2D eigenvalue weighted by atomic mass is 35.5. The van der Waals surface area contributed by atoms with Crippen molar-refractivity contribution in [2.24, 2.45) is 0 Å². The van der Waals surface area contributed by atoms with Gasteiger partial charge in [0.15, 0.2) is 11.6 Å². The predicted molar refractivity (Wildman–Crippen MR) is 118 cm³/mol. The normalized spacial score (nSPS) is 14.7. The van der Waals surface area contributed by atoms with Gasteiger partial charge in [0, 0.05) is 44.5 Å². The van der Waals surface area contributed by atoms with E-state index in [-0.39, 0.29) is 22.3 Å². The molecule has 0 amide bonds. The fourth-order valence-corrected chi connectivity index (χ4v) is 4.51. The molecule has 1 heterocycles. The second kappa shape index (κ2) is 9.47. The number of carbonyl (C=O) groups is 2. The molecule has 28 heavy (non-hydrogen) atoms. The minimum absolute atomic E-state index is 0.00163. The van der Waals surface area contributed by atoms with Crippen LogP contribution in [0, 0.1) is 0 Å². The van der Waals surface area contributed by atoms with Crippen molar-refractivity contribution in [2.75, 3.05) is 0 Å². The van der Waals surface area contributed by atoms with Crippen LogP contribution in [-0.2, 0) is 6.42 Å². The average Bonchev–Trinajstić information content (AvgIpc) is 2.67. The Labute approximate surface area is 181 Å². The lowest BCUT2D eigenvalue weighted by Crippen LogP contribution is -2.07. The van der Waals surface area contributed by atoms with Gasteiger partial charge in [-0.2, -0.15) is 0 Å². The third-order valence-corrected chi connectivity index (χ3v) is 6.58. The molecule has 0 fully saturated rings. The molecular weight excluding hydrogens is 411 g/mol. The lowest BCUT2D eigenvalue weighted by atomic mass is 9.96. The first-order chi connectivity index (χ1) is 13.3. The molecule has 0 saturated carbocycles. The highest BCUT2D eigenvalue weighted by molar-refractivity contribution is 7.99.